The molecule has 4 rings (SSSR count). The Morgan fingerprint density at radius 3 is 2.47 bits per heavy atom. The Labute approximate surface area is 176 Å². The Hall–Kier alpha value is -2.83. The number of methoxy groups -OCH3 is 1. The van der Waals surface area contributed by atoms with Gasteiger partial charge in [0, 0.05) is 34.6 Å². The van der Waals surface area contributed by atoms with Crippen LogP contribution in [0.15, 0.2) is 72.1 Å². The number of hydrogen-bond donors (Lipinski definition) is 0. The van der Waals surface area contributed by atoms with Gasteiger partial charge in [-0.25, -0.2) is 0 Å². The van der Waals surface area contributed by atoms with Crippen molar-refractivity contribution in [3.05, 3.63) is 88.1 Å². The summed E-state index contributed by atoms with van der Waals surface area (Å²) in [4.78, 5) is 0.571. The van der Waals surface area contributed by atoms with Gasteiger partial charge in [0.2, 0.25) is 0 Å². The maximum absolute atomic E-state index is 13.6. The van der Waals surface area contributed by atoms with E-state index in [1.807, 2.05) is 60.0 Å². The highest BCUT2D eigenvalue weighted by molar-refractivity contribution is 7.11. The number of benzene rings is 2. The Morgan fingerprint density at radius 1 is 1.07 bits per heavy atom. The van der Waals surface area contributed by atoms with E-state index in [1.165, 1.54) is 11.3 Å². The molecule has 0 aliphatic heterocycles. The van der Waals surface area contributed by atoms with Gasteiger partial charge in [0.15, 0.2) is 0 Å². The van der Waals surface area contributed by atoms with E-state index in [-0.39, 0.29) is 12.3 Å². The number of halogens is 3. The summed E-state index contributed by atoms with van der Waals surface area (Å²) in [5.74, 6) is 0. The van der Waals surface area contributed by atoms with Crippen molar-refractivity contribution in [1.82, 2.24) is 4.57 Å². The first kappa shape index (κ1) is 20.4. The highest BCUT2D eigenvalue weighted by Crippen LogP contribution is 2.43. The summed E-state index contributed by atoms with van der Waals surface area (Å²) >= 11 is 1.30. The quantitative estimate of drug-likeness (QED) is 0.326. The summed E-state index contributed by atoms with van der Waals surface area (Å²) in [6.45, 7) is 2.20. The lowest BCUT2D eigenvalue weighted by atomic mass is 9.96. The third-order valence-corrected chi connectivity index (χ3v) is 5.79. The van der Waals surface area contributed by atoms with Gasteiger partial charge < -0.3 is 9.30 Å². The Bertz CT molecular complexity index is 1190. The number of hydrogen-bond acceptors (Lipinski definition) is 2. The van der Waals surface area contributed by atoms with Gasteiger partial charge in [0.05, 0.1) is 11.2 Å². The highest BCUT2D eigenvalue weighted by Gasteiger charge is 2.29. The van der Waals surface area contributed by atoms with Crippen LogP contribution in [0.1, 0.15) is 16.0 Å². The Balaban J connectivity index is 2.16. The van der Waals surface area contributed by atoms with Crippen molar-refractivity contribution < 1.29 is 17.9 Å². The van der Waals surface area contributed by atoms with Crippen LogP contribution in [0.3, 0.4) is 0 Å². The fourth-order valence-corrected chi connectivity index (χ4v) is 4.50. The third-order valence-electron chi connectivity index (χ3n) is 4.89. The molecule has 0 spiro atoms. The maximum Gasteiger partial charge on any atom is 0.410 e. The molecule has 0 saturated heterocycles. The van der Waals surface area contributed by atoms with Crippen molar-refractivity contribution in [1.29, 1.82) is 0 Å². The molecule has 0 aliphatic rings. The normalized spacial score (nSPS) is 12.6. The average Bonchev–Trinajstić information content (AvgIpc) is 3.33. The molecule has 30 heavy (non-hydrogen) atoms. The summed E-state index contributed by atoms with van der Waals surface area (Å²) < 4.78 is 48.3. The maximum atomic E-state index is 13.6. The van der Waals surface area contributed by atoms with Gasteiger partial charge in [-0.2, -0.15) is 13.2 Å². The lowest BCUT2D eigenvalue weighted by Crippen LogP contribution is -2.05. The SMILES string of the molecule is COCn1c(-c2ccccc2)c(/C(=C\C(F)(F)F)c2cccs2)c2ccc(C)cc21. The van der Waals surface area contributed by atoms with Gasteiger partial charge in [-0.05, 0) is 35.6 Å². The van der Waals surface area contributed by atoms with Crippen LogP contribution in [0.2, 0.25) is 0 Å². The van der Waals surface area contributed by atoms with E-state index in [2.05, 4.69) is 0 Å². The largest absolute Gasteiger partial charge is 0.410 e. The van der Waals surface area contributed by atoms with Gasteiger partial charge >= 0.3 is 6.18 Å². The number of nitrogens with zero attached hydrogens (tertiary/aromatic N) is 1. The smallest absolute Gasteiger partial charge is 0.364 e. The van der Waals surface area contributed by atoms with Crippen LogP contribution in [-0.2, 0) is 11.5 Å². The summed E-state index contributed by atoms with van der Waals surface area (Å²) in [6.07, 6.45) is -4.04. The molecular formula is C24H20F3NOS. The second kappa shape index (κ2) is 8.13. The zero-order chi connectivity index (χ0) is 21.3. The van der Waals surface area contributed by atoms with E-state index in [0.717, 1.165) is 22.0 Å². The van der Waals surface area contributed by atoms with Crippen molar-refractivity contribution in [2.24, 2.45) is 0 Å². The molecule has 0 atom stereocenters. The molecule has 0 saturated carbocycles. The minimum absolute atomic E-state index is 0.167. The molecular weight excluding hydrogens is 407 g/mol. The summed E-state index contributed by atoms with van der Waals surface area (Å²) in [5.41, 5.74) is 4.15. The molecule has 6 heteroatoms. The molecule has 2 aromatic carbocycles. The summed E-state index contributed by atoms with van der Waals surface area (Å²) in [6, 6.07) is 18.8. The molecule has 2 aromatic heterocycles. The number of aryl methyl sites for hydroxylation is 1. The first-order valence-corrected chi connectivity index (χ1v) is 10.3. The standard InChI is InChI=1S/C24H20F3NOS/c1-16-10-11-18-20(13-16)28(15-29-2)23(17-7-4-3-5-8-17)22(18)19(14-24(25,26)27)21-9-6-12-30-21/h3-14H,15H2,1-2H3/b19-14-. The molecule has 0 amide bonds. The highest BCUT2D eigenvalue weighted by atomic mass is 32.1. The third kappa shape index (κ3) is 3.93. The van der Waals surface area contributed by atoms with Crippen molar-refractivity contribution in [2.45, 2.75) is 19.8 Å². The first-order valence-electron chi connectivity index (χ1n) is 9.40. The number of rotatable bonds is 5. The number of alkyl halides is 3. The lowest BCUT2D eigenvalue weighted by molar-refractivity contribution is -0.0793. The van der Waals surface area contributed by atoms with Crippen molar-refractivity contribution >= 4 is 27.8 Å². The Kier molecular flexibility index (Phi) is 5.54. The van der Waals surface area contributed by atoms with Crippen LogP contribution >= 0.6 is 11.3 Å². The van der Waals surface area contributed by atoms with Gasteiger partial charge in [-0.3, -0.25) is 0 Å². The van der Waals surface area contributed by atoms with Crippen LogP contribution < -0.4 is 0 Å². The molecule has 0 radical (unpaired) electrons. The minimum atomic E-state index is -4.45. The van der Waals surface area contributed by atoms with E-state index in [0.29, 0.717) is 22.2 Å². The number of fused-ring (bicyclic) bond motifs is 1. The summed E-state index contributed by atoms with van der Waals surface area (Å²) in [5, 5.41) is 2.56. The number of thiophene rings is 1. The fourth-order valence-electron chi connectivity index (χ4n) is 3.75. The monoisotopic (exact) mass is 427 g/mol. The second-order valence-electron chi connectivity index (χ2n) is 7.03. The second-order valence-corrected chi connectivity index (χ2v) is 7.98. The van der Waals surface area contributed by atoms with Gasteiger partial charge in [0.1, 0.15) is 6.73 Å². The van der Waals surface area contributed by atoms with Crippen LogP contribution in [0, 0.1) is 6.92 Å². The van der Waals surface area contributed by atoms with Gasteiger partial charge in [-0.15, -0.1) is 11.3 Å². The number of aromatic nitrogens is 1. The van der Waals surface area contributed by atoms with Crippen LogP contribution in [0.5, 0.6) is 0 Å². The van der Waals surface area contributed by atoms with E-state index in [4.69, 9.17) is 4.74 Å². The average molecular weight is 427 g/mol. The fraction of sp³-hybridized carbons (Fsp3) is 0.167. The molecule has 154 valence electrons. The first-order chi connectivity index (χ1) is 14.4. The van der Waals surface area contributed by atoms with E-state index in [1.54, 1.807) is 24.6 Å². The van der Waals surface area contributed by atoms with Crippen molar-refractivity contribution in [3.63, 3.8) is 0 Å². The van der Waals surface area contributed by atoms with Crippen LogP contribution in [0.4, 0.5) is 13.2 Å². The van der Waals surface area contributed by atoms with Crippen LogP contribution in [-0.4, -0.2) is 17.9 Å². The topological polar surface area (TPSA) is 14.2 Å². The van der Waals surface area contributed by atoms with Crippen molar-refractivity contribution in [2.75, 3.05) is 7.11 Å². The molecule has 4 aromatic rings. The molecule has 0 fully saturated rings. The van der Waals surface area contributed by atoms with Gasteiger partial charge in [0.25, 0.3) is 0 Å². The molecule has 0 aliphatic carbocycles. The predicted octanol–water partition coefficient (Wildman–Crippen LogP) is 7.28. The van der Waals surface area contributed by atoms with E-state index >= 15 is 0 Å². The molecule has 2 heterocycles. The van der Waals surface area contributed by atoms with E-state index in [9.17, 15) is 13.2 Å². The zero-order valence-corrected chi connectivity index (χ0v) is 17.3. The van der Waals surface area contributed by atoms with Crippen molar-refractivity contribution in [3.8, 4) is 11.3 Å². The van der Waals surface area contributed by atoms with E-state index < -0.39 is 6.18 Å². The minimum Gasteiger partial charge on any atom is -0.364 e. The Morgan fingerprint density at radius 2 is 1.83 bits per heavy atom. The predicted molar refractivity (Wildman–Crippen MR) is 117 cm³/mol. The number of allylic oxidation sites excluding steroid dienone is 1. The molecule has 0 unspecified atom stereocenters. The molecule has 0 N–H and O–H groups in total. The zero-order valence-electron chi connectivity index (χ0n) is 16.5. The molecule has 2 nitrogen and oxygen atoms in total. The van der Waals surface area contributed by atoms with Crippen LogP contribution in [0.25, 0.3) is 27.7 Å². The lowest BCUT2D eigenvalue weighted by Gasteiger charge is -2.14. The van der Waals surface area contributed by atoms with Gasteiger partial charge in [-0.1, -0.05) is 48.5 Å². The number of ether oxygens (including phenoxy) is 1. The molecule has 0 bridgehead atoms. The summed E-state index contributed by atoms with van der Waals surface area (Å²) in [7, 11) is 1.59.